The topological polar surface area (TPSA) is 92.7 Å². The number of rotatable bonds is 7. The monoisotopic (exact) mass is 245 g/mol. The smallest absolute Gasteiger partial charge is 0.307 e. The van der Waals surface area contributed by atoms with E-state index in [0.717, 1.165) is 0 Å². The van der Waals surface area contributed by atoms with E-state index < -0.39 is 29.7 Å². The van der Waals surface area contributed by atoms with Crippen molar-refractivity contribution >= 4 is 17.7 Å². The predicted molar refractivity (Wildman–Crippen MR) is 60.1 cm³/mol. The van der Waals surface area contributed by atoms with E-state index in [0.29, 0.717) is 0 Å². The molecule has 0 saturated carbocycles. The molecule has 0 atom stereocenters. The van der Waals surface area contributed by atoms with Crippen LogP contribution < -0.4 is 5.32 Å². The highest BCUT2D eigenvalue weighted by Gasteiger charge is 2.32. The number of Topliss-reactive ketones (excluding diaryl/α,β-unsaturated/α-hetero) is 1. The summed E-state index contributed by atoms with van der Waals surface area (Å²) in [7, 11) is 0. The zero-order valence-corrected chi connectivity index (χ0v) is 10.4. The molecule has 0 aromatic carbocycles. The molecule has 0 spiro atoms. The number of hydrogen-bond donors (Lipinski definition) is 2. The summed E-state index contributed by atoms with van der Waals surface area (Å²) in [5.74, 6) is -1.93. The number of amides is 1. The highest BCUT2D eigenvalue weighted by Crippen LogP contribution is 2.14. The summed E-state index contributed by atoms with van der Waals surface area (Å²) in [5.41, 5.74) is -1.10. The molecule has 0 fully saturated rings. The van der Waals surface area contributed by atoms with Crippen molar-refractivity contribution in [3.05, 3.63) is 0 Å². The molecule has 2 N–H and O–H groups in total. The van der Waals surface area contributed by atoms with Crippen LogP contribution in [0.1, 0.15) is 27.2 Å². The molecule has 0 bridgehead atoms. The van der Waals surface area contributed by atoms with Gasteiger partial charge in [-0.1, -0.05) is 13.8 Å². The van der Waals surface area contributed by atoms with Gasteiger partial charge in [0.1, 0.15) is 0 Å². The molecule has 0 aliphatic carbocycles. The number of nitrogens with one attached hydrogen (secondary N) is 1. The van der Waals surface area contributed by atoms with Gasteiger partial charge in [-0.25, -0.2) is 0 Å². The summed E-state index contributed by atoms with van der Waals surface area (Å²) in [5, 5.41) is 11.2. The minimum Gasteiger partial charge on any atom is -0.466 e. The normalized spacial score (nSPS) is 10.8. The fourth-order valence-corrected chi connectivity index (χ4v) is 0.971. The van der Waals surface area contributed by atoms with Gasteiger partial charge in [0.15, 0.2) is 0 Å². The SMILES string of the molecule is CCOC(=O)CCNC(=O)C(=O)C(C)(C)CO. The third-order valence-corrected chi connectivity index (χ3v) is 2.14. The van der Waals surface area contributed by atoms with Gasteiger partial charge >= 0.3 is 5.97 Å². The molecule has 6 nitrogen and oxygen atoms in total. The molecular formula is C11H19NO5. The van der Waals surface area contributed by atoms with Gasteiger partial charge < -0.3 is 15.2 Å². The Labute approximate surface area is 100 Å². The Balaban J connectivity index is 4.03. The van der Waals surface area contributed by atoms with E-state index in [1.807, 2.05) is 0 Å². The average molecular weight is 245 g/mol. The minimum atomic E-state index is -1.10. The van der Waals surface area contributed by atoms with Gasteiger partial charge in [0.25, 0.3) is 5.91 Å². The molecule has 0 aliphatic rings. The van der Waals surface area contributed by atoms with Crippen molar-refractivity contribution in [1.29, 1.82) is 0 Å². The Kier molecular flexibility index (Phi) is 6.42. The molecule has 0 saturated heterocycles. The zero-order valence-electron chi connectivity index (χ0n) is 10.4. The van der Waals surface area contributed by atoms with Gasteiger partial charge in [0.05, 0.1) is 25.0 Å². The van der Waals surface area contributed by atoms with E-state index in [4.69, 9.17) is 5.11 Å². The average Bonchev–Trinajstić information content (AvgIpc) is 2.28. The fraction of sp³-hybridized carbons (Fsp3) is 0.727. The van der Waals surface area contributed by atoms with Crippen LogP contribution >= 0.6 is 0 Å². The van der Waals surface area contributed by atoms with Crippen LogP contribution in [-0.4, -0.2) is 42.5 Å². The standard InChI is InChI=1S/C11H19NO5/c1-4-17-8(14)5-6-12-10(16)9(15)11(2,3)7-13/h13H,4-7H2,1-3H3,(H,12,16). The Morgan fingerprint density at radius 1 is 1.29 bits per heavy atom. The summed E-state index contributed by atoms with van der Waals surface area (Å²) >= 11 is 0. The van der Waals surface area contributed by atoms with Crippen LogP contribution in [-0.2, 0) is 19.1 Å². The quantitative estimate of drug-likeness (QED) is 0.472. The molecule has 0 heterocycles. The second-order valence-electron chi connectivity index (χ2n) is 4.18. The molecule has 0 aromatic heterocycles. The van der Waals surface area contributed by atoms with Crippen LogP contribution in [0.3, 0.4) is 0 Å². The van der Waals surface area contributed by atoms with E-state index in [1.165, 1.54) is 13.8 Å². The number of ketones is 1. The van der Waals surface area contributed by atoms with E-state index in [1.54, 1.807) is 6.92 Å². The van der Waals surface area contributed by atoms with Crippen LogP contribution in [0.25, 0.3) is 0 Å². The minimum absolute atomic E-state index is 0.0203. The second-order valence-corrected chi connectivity index (χ2v) is 4.18. The van der Waals surface area contributed by atoms with Crippen molar-refractivity contribution in [3.63, 3.8) is 0 Å². The first-order valence-electron chi connectivity index (χ1n) is 5.44. The van der Waals surface area contributed by atoms with Crippen molar-refractivity contribution in [2.24, 2.45) is 5.41 Å². The summed E-state index contributed by atoms with van der Waals surface area (Å²) in [6, 6.07) is 0. The van der Waals surface area contributed by atoms with Gasteiger partial charge in [0, 0.05) is 6.54 Å². The lowest BCUT2D eigenvalue weighted by atomic mass is 9.89. The van der Waals surface area contributed by atoms with Gasteiger partial charge in [-0.05, 0) is 6.92 Å². The molecule has 0 unspecified atom stereocenters. The molecule has 17 heavy (non-hydrogen) atoms. The molecule has 0 aromatic rings. The first-order valence-corrected chi connectivity index (χ1v) is 5.44. The van der Waals surface area contributed by atoms with Crippen molar-refractivity contribution in [3.8, 4) is 0 Å². The third kappa shape index (κ3) is 5.44. The van der Waals surface area contributed by atoms with Gasteiger partial charge in [-0.15, -0.1) is 0 Å². The highest BCUT2D eigenvalue weighted by atomic mass is 16.5. The highest BCUT2D eigenvalue weighted by molar-refractivity contribution is 6.38. The molecule has 0 rings (SSSR count). The third-order valence-electron chi connectivity index (χ3n) is 2.14. The first-order chi connectivity index (χ1) is 7.85. The lowest BCUT2D eigenvalue weighted by Crippen LogP contribution is -2.42. The van der Waals surface area contributed by atoms with Crippen LogP contribution in [0.15, 0.2) is 0 Å². The molecular weight excluding hydrogens is 226 g/mol. The van der Waals surface area contributed by atoms with E-state index in [2.05, 4.69) is 10.1 Å². The number of carbonyl (C=O) groups is 3. The molecule has 6 heteroatoms. The van der Waals surface area contributed by atoms with Crippen molar-refractivity contribution in [2.45, 2.75) is 27.2 Å². The predicted octanol–water partition coefficient (Wildman–Crippen LogP) is -0.357. The maximum Gasteiger partial charge on any atom is 0.307 e. The fourth-order valence-electron chi connectivity index (χ4n) is 0.971. The van der Waals surface area contributed by atoms with E-state index in [9.17, 15) is 14.4 Å². The van der Waals surface area contributed by atoms with Gasteiger partial charge in [-0.2, -0.15) is 0 Å². The van der Waals surface area contributed by atoms with Crippen LogP contribution in [0.5, 0.6) is 0 Å². The first kappa shape index (κ1) is 15.6. The summed E-state index contributed by atoms with van der Waals surface area (Å²) < 4.78 is 4.66. The number of aliphatic hydroxyl groups excluding tert-OH is 1. The summed E-state index contributed by atoms with van der Waals surface area (Å²) in [4.78, 5) is 33.8. The van der Waals surface area contributed by atoms with Crippen LogP contribution in [0, 0.1) is 5.41 Å². The molecule has 0 radical (unpaired) electrons. The molecule has 0 aliphatic heterocycles. The van der Waals surface area contributed by atoms with Gasteiger partial charge in [0.2, 0.25) is 5.78 Å². The lowest BCUT2D eigenvalue weighted by molar-refractivity contribution is -0.145. The van der Waals surface area contributed by atoms with Gasteiger partial charge in [-0.3, -0.25) is 14.4 Å². The zero-order chi connectivity index (χ0) is 13.5. The van der Waals surface area contributed by atoms with E-state index >= 15 is 0 Å². The maximum atomic E-state index is 11.5. The second kappa shape index (κ2) is 7.01. The Bertz CT molecular complexity index is 298. The lowest BCUT2D eigenvalue weighted by Gasteiger charge is -2.18. The van der Waals surface area contributed by atoms with E-state index in [-0.39, 0.29) is 19.6 Å². The Morgan fingerprint density at radius 2 is 1.88 bits per heavy atom. The number of aliphatic hydroxyl groups is 1. The van der Waals surface area contributed by atoms with Crippen molar-refractivity contribution in [1.82, 2.24) is 5.32 Å². The summed E-state index contributed by atoms with van der Waals surface area (Å²) in [6.07, 6.45) is 0.0203. The number of hydrogen-bond acceptors (Lipinski definition) is 5. The van der Waals surface area contributed by atoms with Crippen LogP contribution in [0.4, 0.5) is 0 Å². The number of carbonyl (C=O) groups excluding carboxylic acids is 3. The maximum absolute atomic E-state index is 11.5. The largest absolute Gasteiger partial charge is 0.466 e. The van der Waals surface area contributed by atoms with Crippen molar-refractivity contribution < 1.29 is 24.2 Å². The Morgan fingerprint density at radius 3 is 2.35 bits per heavy atom. The molecule has 98 valence electrons. The van der Waals surface area contributed by atoms with Crippen molar-refractivity contribution in [2.75, 3.05) is 19.8 Å². The molecule has 1 amide bonds. The number of ether oxygens (including phenoxy) is 1. The summed E-state index contributed by atoms with van der Waals surface area (Å²) in [6.45, 7) is 4.55. The number of esters is 1. The van der Waals surface area contributed by atoms with Crippen LogP contribution in [0.2, 0.25) is 0 Å². The Hall–Kier alpha value is -1.43.